The molecule has 26 heavy (non-hydrogen) atoms. The Hall–Kier alpha value is -2.88. The summed E-state index contributed by atoms with van der Waals surface area (Å²) in [4.78, 5) is 17.6. The lowest BCUT2D eigenvalue weighted by atomic mass is 10.2. The molecule has 1 heterocycles. The number of aromatic nitrogens is 1. The lowest BCUT2D eigenvalue weighted by Crippen LogP contribution is -2.11. The molecule has 2 aromatic carbocycles. The Bertz CT molecular complexity index is 1010. The molecule has 130 valence electrons. The lowest BCUT2D eigenvalue weighted by Gasteiger charge is -2.05. The van der Waals surface area contributed by atoms with Crippen LogP contribution in [0.4, 0.5) is 5.69 Å². The van der Waals surface area contributed by atoms with Crippen LogP contribution in [0.5, 0.6) is 5.75 Å². The van der Waals surface area contributed by atoms with Crippen LogP contribution in [0.2, 0.25) is 5.02 Å². The molecular weight excluding hydrogens is 370 g/mol. The van der Waals surface area contributed by atoms with Gasteiger partial charge in [0.2, 0.25) is 0 Å². The van der Waals surface area contributed by atoms with Crippen LogP contribution in [0.25, 0.3) is 10.6 Å². The molecule has 0 saturated carbocycles. The van der Waals surface area contributed by atoms with Crippen molar-refractivity contribution in [1.82, 2.24) is 4.98 Å². The summed E-state index contributed by atoms with van der Waals surface area (Å²) in [5.41, 5.74) is 2.45. The summed E-state index contributed by atoms with van der Waals surface area (Å²) < 4.78 is 5.15. The van der Waals surface area contributed by atoms with Gasteiger partial charge in [0.1, 0.15) is 21.7 Å². The monoisotopic (exact) mass is 383 g/mol. The molecule has 1 aromatic heterocycles. The molecule has 3 aromatic rings. The molecular formula is C19H14ClN3O2S. The summed E-state index contributed by atoms with van der Waals surface area (Å²) in [6.45, 7) is 1.80. The number of carbonyl (C=O) groups is 1. The van der Waals surface area contributed by atoms with Crippen molar-refractivity contribution in [3.63, 3.8) is 0 Å². The number of nitrogens with one attached hydrogen (secondary N) is 1. The van der Waals surface area contributed by atoms with Gasteiger partial charge < -0.3 is 10.1 Å². The average molecular weight is 384 g/mol. The van der Waals surface area contributed by atoms with Gasteiger partial charge in [0.25, 0.3) is 5.91 Å². The standard InChI is InChI=1S/C19H14ClN3O2S/c1-11-17(18(24)23-14-6-3-13(10-21)16(20)9-14)26-19(22-11)12-4-7-15(25-2)8-5-12/h3-9H,1-2H3,(H,23,24). The summed E-state index contributed by atoms with van der Waals surface area (Å²) >= 11 is 7.32. The fourth-order valence-corrected chi connectivity index (χ4v) is 3.53. The van der Waals surface area contributed by atoms with Gasteiger partial charge in [-0.2, -0.15) is 5.26 Å². The van der Waals surface area contributed by atoms with E-state index in [1.54, 1.807) is 32.2 Å². The largest absolute Gasteiger partial charge is 0.497 e. The maximum absolute atomic E-state index is 12.6. The molecule has 0 aliphatic rings. The van der Waals surface area contributed by atoms with Gasteiger partial charge >= 0.3 is 0 Å². The number of methoxy groups -OCH3 is 1. The fraction of sp³-hybridized carbons (Fsp3) is 0.105. The molecule has 0 spiro atoms. The SMILES string of the molecule is COc1ccc(-c2nc(C)c(C(=O)Nc3ccc(C#N)c(Cl)c3)s2)cc1. The minimum atomic E-state index is -0.263. The minimum absolute atomic E-state index is 0.263. The Kier molecular flexibility index (Phi) is 5.21. The molecule has 0 fully saturated rings. The summed E-state index contributed by atoms with van der Waals surface area (Å²) in [6.07, 6.45) is 0. The Morgan fingerprint density at radius 1 is 1.27 bits per heavy atom. The third-order valence-corrected chi connectivity index (χ3v) is 5.21. The van der Waals surface area contributed by atoms with Crippen molar-refractivity contribution < 1.29 is 9.53 Å². The molecule has 0 saturated heterocycles. The molecule has 0 bridgehead atoms. The van der Waals surface area contributed by atoms with Crippen LogP contribution in [0.3, 0.4) is 0 Å². The molecule has 1 N–H and O–H groups in total. The highest BCUT2D eigenvalue weighted by molar-refractivity contribution is 7.17. The molecule has 0 aliphatic heterocycles. The first-order chi connectivity index (χ1) is 12.5. The molecule has 0 unspecified atom stereocenters. The zero-order valence-corrected chi connectivity index (χ0v) is 15.6. The van der Waals surface area contributed by atoms with Gasteiger partial charge in [-0.25, -0.2) is 4.98 Å². The minimum Gasteiger partial charge on any atom is -0.497 e. The highest BCUT2D eigenvalue weighted by Crippen LogP contribution is 2.30. The number of amides is 1. The van der Waals surface area contributed by atoms with Crippen LogP contribution in [0.15, 0.2) is 42.5 Å². The Morgan fingerprint density at radius 3 is 2.62 bits per heavy atom. The first kappa shape index (κ1) is 17.9. The first-order valence-electron chi connectivity index (χ1n) is 7.64. The number of ether oxygens (including phenoxy) is 1. The highest BCUT2D eigenvalue weighted by atomic mass is 35.5. The van der Waals surface area contributed by atoms with Gasteiger partial charge in [-0.05, 0) is 49.4 Å². The molecule has 7 heteroatoms. The number of benzene rings is 2. The second kappa shape index (κ2) is 7.56. The number of anilines is 1. The van der Waals surface area contributed by atoms with Crippen LogP contribution in [-0.4, -0.2) is 18.0 Å². The van der Waals surface area contributed by atoms with Crippen LogP contribution in [0.1, 0.15) is 20.9 Å². The van der Waals surface area contributed by atoms with E-state index in [1.165, 1.54) is 11.3 Å². The van der Waals surface area contributed by atoms with Crippen molar-refractivity contribution in [1.29, 1.82) is 5.26 Å². The Balaban J connectivity index is 1.83. The van der Waals surface area contributed by atoms with Crippen LogP contribution >= 0.6 is 22.9 Å². The second-order valence-electron chi connectivity index (χ2n) is 5.42. The topological polar surface area (TPSA) is 75.0 Å². The van der Waals surface area contributed by atoms with E-state index in [0.717, 1.165) is 16.3 Å². The van der Waals surface area contributed by atoms with E-state index < -0.39 is 0 Å². The maximum Gasteiger partial charge on any atom is 0.267 e. The van der Waals surface area contributed by atoms with E-state index in [1.807, 2.05) is 30.3 Å². The summed E-state index contributed by atoms with van der Waals surface area (Å²) in [5, 5.41) is 12.8. The fourth-order valence-electron chi connectivity index (χ4n) is 2.34. The molecule has 1 amide bonds. The average Bonchev–Trinajstić information content (AvgIpc) is 3.04. The number of thiazole rings is 1. The molecule has 0 radical (unpaired) electrons. The van der Waals surface area contributed by atoms with Crippen molar-refractivity contribution in [2.24, 2.45) is 0 Å². The van der Waals surface area contributed by atoms with Gasteiger partial charge in [-0.15, -0.1) is 11.3 Å². The smallest absolute Gasteiger partial charge is 0.267 e. The molecule has 0 aliphatic carbocycles. The number of carbonyl (C=O) groups excluding carboxylic acids is 1. The zero-order valence-electron chi connectivity index (χ0n) is 14.0. The quantitative estimate of drug-likeness (QED) is 0.694. The van der Waals surface area contributed by atoms with E-state index in [0.29, 0.717) is 26.8 Å². The second-order valence-corrected chi connectivity index (χ2v) is 6.83. The van der Waals surface area contributed by atoms with E-state index >= 15 is 0 Å². The zero-order chi connectivity index (χ0) is 18.7. The van der Waals surface area contributed by atoms with Gasteiger partial charge in [0.15, 0.2) is 0 Å². The number of hydrogen-bond acceptors (Lipinski definition) is 5. The van der Waals surface area contributed by atoms with Gasteiger partial charge in [0.05, 0.1) is 23.4 Å². The van der Waals surface area contributed by atoms with E-state index in [4.69, 9.17) is 21.6 Å². The number of rotatable bonds is 4. The maximum atomic E-state index is 12.6. The highest BCUT2D eigenvalue weighted by Gasteiger charge is 2.17. The van der Waals surface area contributed by atoms with Crippen LogP contribution in [0, 0.1) is 18.3 Å². The predicted molar refractivity (Wildman–Crippen MR) is 103 cm³/mol. The van der Waals surface area contributed by atoms with Crippen molar-refractivity contribution in [2.75, 3.05) is 12.4 Å². The lowest BCUT2D eigenvalue weighted by molar-refractivity contribution is 0.103. The van der Waals surface area contributed by atoms with Crippen molar-refractivity contribution in [3.8, 4) is 22.4 Å². The van der Waals surface area contributed by atoms with Crippen molar-refractivity contribution in [2.45, 2.75) is 6.92 Å². The number of nitriles is 1. The Morgan fingerprint density at radius 2 is 2.00 bits per heavy atom. The third-order valence-electron chi connectivity index (χ3n) is 3.69. The van der Waals surface area contributed by atoms with Crippen molar-refractivity contribution >= 4 is 34.5 Å². The predicted octanol–water partition coefficient (Wildman–Crippen LogP) is 4.90. The molecule has 3 rings (SSSR count). The number of halogens is 1. The summed E-state index contributed by atoms with van der Waals surface area (Å²) in [5.74, 6) is 0.498. The number of aryl methyl sites for hydroxylation is 1. The molecule has 0 atom stereocenters. The summed E-state index contributed by atoms with van der Waals surface area (Å²) in [6, 6.07) is 14.3. The van der Waals surface area contributed by atoms with Crippen molar-refractivity contribution in [3.05, 3.63) is 63.6 Å². The first-order valence-corrected chi connectivity index (χ1v) is 8.84. The van der Waals surface area contributed by atoms with Gasteiger partial charge in [-0.3, -0.25) is 4.79 Å². The van der Waals surface area contributed by atoms with Crippen LogP contribution in [-0.2, 0) is 0 Å². The summed E-state index contributed by atoms with van der Waals surface area (Å²) in [7, 11) is 1.61. The van der Waals surface area contributed by atoms with E-state index in [-0.39, 0.29) is 5.91 Å². The Labute approximate surface area is 159 Å². The van der Waals surface area contributed by atoms with Gasteiger partial charge in [-0.1, -0.05) is 11.6 Å². The number of nitrogens with zero attached hydrogens (tertiary/aromatic N) is 2. The van der Waals surface area contributed by atoms with Gasteiger partial charge in [0, 0.05) is 11.3 Å². The third kappa shape index (κ3) is 3.69. The molecule has 5 nitrogen and oxygen atoms in total. The van der Waals surface area contributed by atoms with Crippen LogP contribution < -0.4 is 10.1 Å². The van der Waals surface area contributed by atoms with E-state index in [2.05, 4.69) is 10.3 Å². The van der Waals surface area contributed by atoms with E-state index in [9.17, 15) is 4.79 Å². The number of hydrogen-bond donors (Lipinski definition) is 1. The normalized spacial score (nSPS) is 10.2.